The third-order valence-electron chi connectivity index (χ3n) is 3.85. The number of nitrogens with one attached hydrogen (secondary N) is 1. The van der Waals surface area contributed by atoms with E-state index in [1.165, 1.54) is 24.0 Å². The van der Waals surface area contributed by atoms with Gasteiger partial charge in [0.25, 0.3) is 0 Å². The molecule has 1 fully saturated rings. The molecule has 2 rings (SSSR count). The second-order valence-corrected chi connectivity index (χ2v) is 5.97. The van der Waals surface area contributed by atoms with E-state index in [1.54, 1.807) is 0 Å². The average Bonchev–Trinajstić information content (AvgIpc) is 2.39. The summed E-state index contributed by atoms with van der Waals surface area (Å²) < 4.78 is 0. The van der Waals surface area contributed by atoms with Crippen molar-refractivity contribution in [3.63, 3.8) is 0 Å². The van der Waals surface area contributed by atoms with Gasteiger partial charge in [0.1, 0.15) is 0 Å². The van der Waals surface area contributed by atoms with Gasteiger partial charge in [0, 0.05) is 6.04 Å². The molecule has 0 aliphatic carbocycles. The van der Waals surface area contributed by atoms with Gasteiger partial charge >= 0.3 is 0 Å². The van der Waals surface area contributed by atoms with E-state index in [0.717, 1.165) is 19.5 Å². The van der Waals surface area contributed by atoms with Crippen molar-refractivity contribution in [2.24, 2.45) is 17.6 Å². The van der Waals surface area contributed by atoms with Crippen molar-refractivity contribution in [3.8, 4) is 0 Å². The molecule has 3 N–H and O–H groups in total. The first-order valence-electron chi connectivity index (χ1n) is 7.22. The smallest absolute Gasteiger partial charge is 0.0335 e. The van der Waals surface area contributed by atoms with Crippen LogP contribution in [0.25, 0.3) is 0 Å². The Morgan fingerprint density at radius 2 is 2.00 bits per heavy atom. The molecule has 0 spiro atoms. The van der Waals surface area contributed by atoms with Gasteiger partial charge in [-0.3, -0.25) is 0 Å². The molecule has 1 aliphatic heterocycles. The van der Waals surface area contributed by atoms with Crippen LogP contribution in [0.2, 0.25) is 0 Å². The summed E-state index contributed by atoms with van der Waals surface area (Å²) in [7, 11) is 0. The number of benzene rings is 1. The molecule has 1 saturated heterocycles. The van der Waals surface area contributed by atoms with Crippen LogP contribution in [0, 0.1) is 11.8 Å². The normalized spacial score (nSPS) is 22.1. The van der Waals surface area contributed by atoms with Crippen LogP contribution < -0.4 is 11.1 Å². The van der Waals surface area contributed by atoms with Crippen molar-refractivity contribution < 1.29 is 0 Å². The molecule has 2 heteroatoms. The monoisotopic (exact) mass is 246 g/mol. The zero-order chi connectivity index (χ0) is 13.0. The van der Waals surface area contributed by atoms with Crippen LogP contribution in [0.4, 0.5) is 0 Å². The van der Waals surface area contributed by atoms with E-state index in [0.29, 0.717) is 11.8 Å². The van der Waals surface area contributed by atoms with Gasteiger partial charge in [0.05, 0.1) is 0 Å². The molecule has 2 nitrogen and oxygen atoms in total. The van der Waals surface area contributed by atoms with E-state index >= 15 is 0 Å². The Kier molecular flexibility index (Phi) is 4.79. The lowest BCUT2D eigenvalue weighted by Gasteiger charge is -2.28. The third-order valence-corrected chi connectivity index (χ3v) is 3.85. The summed E-state index contributed by atoms with van der Waals surface area (Å²) in [5, 5.41) is 3.44. The van der Waals surface area contributed by atoms with Crippen LogP contribution in [0.5, 0.6) is 0 Å². The predicted octanol–water partition coefficient (Wildman–Crippen LogP) is 2.88. The number of hydrogen-bond acceptors (Lipinski definition) is 2. The Labute approximate surface area is 111 Å². The maximum Gasteiger partial charge on any atom is 0.0335 e. The maximum absolute atomic E-state index is 6.38. The molecule has 1 aromatic rings. The topological polar surface area (TPSA) is 38.0 Å². The lowest BCUT2D eigenvalue weighted by Crippen LogP contribution is -2.36. The predicted molar refractivity (Wildman–Crippen MR) is 77.5 cm³/mol. The van der Waals surface area contributed by atoms with Gasteiger partial charge in [-0.25, -0.2) is 0 Å². The van der Waals surface area contributed by atoms with Gasteiger partial charge in [-0.15, -0.1) is 0 Å². The quantitative estimate of drug-likeness (QED) is 0.857. The molecule has 2 unspecified atom stereocenters. The first kappa shape index (κ1) is 13.6. The van der Waals surface area contributed by atoms with Crippen molar-refractivity contribution in [2.45, 2.75) is 39.2 Å². The summed E-state index contributed by atoms with van der Waals surface area (Å²) in [5.41, 5.74) is 9.09. The fourth-order valence-corrected chi connectivity index (χ4v) is 2.80. The van der Waals surface area contributed by atoms with Crippen LogP contribution >= 0.6 is 0 Å². The van der Waals surface area contributed by atoms with Crippen LogP contribution in [-0.2, 0) is 6.42 Å². The summed E-state index contributed by atoms with van der Waals surface area (Å²) in [5.74, 6) is 1.31. The highest BCUT2D eigenvalue weighted by Gasteiger charge is 2.21. The van der Waals surface area contributed by atoms with Crippen LogP contribution in [0.3, 0.4) is 0 Å². The van der Waals surface area contributed by atoms with Crippen molar-refractivity contribution in [2.75, 3.05) is 13.1 Å². The molecule has 1 heterocycles. The number of piperidine rings is 1. The second kappa shape index (κ2) is 6.35. The largest absolute Gasteiger partial charge is 0.324 e. The van der Waals surface area contributed by atoms with Crippen molar-refractivity contribution >= 4 is 0 Å². The first-order valence-corrected chi connectivity index (χ1v) is 7.22. The Morgan fingerprint density at radius 1 is 1.28 bits per heavy atom. The van der Waals surface area contributed by atoms with Gasteiger partial charge in [-0.2, -0.15) is 0 Å². The molecule has 0 amide bonds. The minimum atomic E-state index is 0.186. The molecule has 0 bridgehead atoms. The lowest BCUT2D eigenvalue weighted by molar-refractivity contribution is 0.326. The van der Waals surface area contributed by atoms with Crippen LogP contribution in [0.1, 0.15) is 43.9 Å². The van der Waals surface area contributed by atoms with Crippen LogP contribution in [0.15, 0.2) is 24.3 Å². The third kappa shape index (κ3) is 3.56. The maximum atomic E-state index is 6.38. The summed E-state index contributed by atoms with van der Waals surface area (Å²) in [6, 6.07) is 9.11. The summed E-state index contributed by atoms with van der Waals surface area (Å²) >= 11 is 0. The molecule has 18 heavy (non-hydrogen) atoms. The molecule has 100 valence electrons. The van der Waals surface area contributed by atoms with E-state index < -0.39 is 0 Å². The fraction of sp³-hybridized carbons (Fsp3) is 0.625. The lowest BCUT2D eigenvalue weighted by atomic mass is 9.87. The van der Waals surface area contributed by atoms with Gasteiger partial charge < -0.3 is 11.1 Å². The minimum absolute atomic E-state index is 0.186. The highest BCUT2D eigenvalue weighted by atomic mass is 14.9. The Morgan fingerprint density at radius 3 is 2.56 bits per heavy atom. The van der Waals surface area contributed by atoms with E-state index in [1.807, 2.05) is 0 Å². The SMILES string of the molecule is CC(C)Cc1ccc(C(N)C2CCCNC2)cc1. The number of nitrogens with two attached hydrogens (primary N) is 1. The summed E-state index contributed by atoms with van der Waals surface area (Å²) in [6.07, 6.45) is 3.66. The second-order valence-electron chi connectivity index (χ2n) is 5.97. The van der Waals surface area contributed by atoms with Gasteiger partial charge in [-0.1, -0.05) is 38.1 Å². The summed E-state index contributed by atoms with van der Waals surface area (Å²) in [6.45, 7) is 6.73. The van der Waals surface area contributed by atoms with E-state index in [9.17, 15) is 0 Å². The van der Waals surface area contributed by atoms with Gasteiger partial charge in [-0.05, 0) is 55.3 Å². The Balaban J connectivity index is 1.99. The standard InChI is InChI=1S/C16H26N2/c1-12(2)10-13-5-7-14(8-6-13)16(17)15-4-3-9-18-11-15/h5-8,12,15-16,18H,3-4,9-11,17H2,1-2H3. The van der Waals surface area contributed by atoms with Crippen molar-refractivity contribution in [3.05, 3.63) is 35.4 Å². The molecule has 0 radical (unpaired) electrons. The highest BCUT2D eigenvalue weighted by molar-refractivity contribution is 5.25. The molecular formula is C16H26N2. The molecule has 0 saturated carbocycles. The molecule has 1 aliphatic rings. The fourth-order valence-electron chi connectivity index (χ4n) is 2.80. The van der Waals surface area contributed by atoms with E-state index in [4.69, 9.17) is 5.73 Å². The molecule has 1 aromatic carbocycles. The van der Waals surface area contributed by atoms with E-state index in [2.05, 4.69) is 43.4 Å². The number of hydrogen-bond donors (Lipinski definition) is 2. The first-order chi connectivity index (χ1) is 8.66. The Hall–Kier alpha value is -0.860. The average molecular weight is 246 g/mol. The zero-order valence-corrected chi connectivity index (χ0v) is 11.7. The Bertz CT molecular complexity index is 350. The molecule has 2 atom stereocenters. The number of rotatable bonds is 4. The van der Waals surface area contributed by atoms with Crippen molar-refractivity contribution in [1.82, 2.24) is 5.32 Å². The minimum Gasteiger partial charge on any atom is -0.324 e. The van der Waals surface area contributed by atoms with Gasteiger partial charge in [0.15, 0.2) is 0 Å². The highest BCUT2D eigenvalue weighted by Crippen LogP contribution is 2.25. The molecule has 0 aromatic heterocycles. The van der Waals surface area contributed by atoms with E-state index in [-0.39, 0.29) is 6.04 Å². The molecular weight excluding hydrogens is 220 g/mol. The zero-order valence-electron chi connectivity index (χ0n) is 11.7. The van der Waals surface area contributed by atoms with Gasteiger partial charge in [0.2, 0.25) is 0 Å². The van der Waals surface area contributed by atoms with Crippen molar-refractivity contribution in [1.29, 1.82) is 0 Å². The van der Waals surface area contributed by atoms with Crippen LogP contribution in [-0.4, -0.2) is 13.1 Å². The summed E-state index contributed by atoms with van der Waals surface area (Å²) in [4.78, 5) is 0.